The molecule has 0 unspecified atom stereocenters. The van der Waals surface area contributed by atoms with Crippen LogP contribution in [0.3, 0.4) is 0 Å². The number of hydrogen-bond acceptors (Lipinski definition) is 4. The normalized spacial score (nSPS) is 32.2. The quantitative estimate of drug-likeness (QED) is 0.846. The van der Waals surface area contributed by atoms with Gasteiger partial charge in [0, 0.05) is 19.2 Å². The van der Waals surface area contributed by atoms with Gasteiger partial charge >= 0.3 is 0 Å². The highest BCUT2D eigenvalue weighted by Crippen LogP contribution is 2.29. The average Bonchev–Trinajstić information content (AvgIpc) is 3.07. The van der Waals surface area contributed by atoms with E-state index in [2.05, 4.69) is 29.6 Å². The molecular formula is C18H27NO3. The van der Waals surface area contributed by atoms with Crippen LogP contribution in [0.4, 0.5) is 0 Å². The van der Waals surface area contributed by atoms with Crippen molar-refractivity contribution in [2.75, 3.05) is 19.8 Å². The van der Waals surface area contributed by atoms with Crippen LogP contribution in [0.25, 0.3) is 0 Å². The molecule has 4 nitrogen and oxygen atoms in total. The van der Waals surface area contributed by atoms with Crippen molar-refractivity contribution in [2.24, 2.45) is 0 Å². The molecule has 22 heavy (non-hydrogen) atoms. The minimum Gasteiger partial charge on any atom is -0.387 e. The number of nitrogens with one attached hydrogen (secondary N) is 1. The maximum Gasteiger partial charge on any atom is 0.0881 e. The van der Waals surface area contributed by atoms with E-state index in [9.17, 15) is 5.11 Å². The van der Waals surface area contributed by atoms with Crippen molar-refractivity contribution in [3.63, 3.8) is 0 Å². The third kappa shape index (κ3) is 4.53. The van der Waals surface area contributed by atoms with Gasteiger partial charge in [0.15, 0.2) is 0 Å². The molecule has 0 radical (unpaired) electrons. The summed E-state index contributed by atoms with van der Waals surface area (Å²) >= 11 is 0. The molecule has 1 atom stereocenters. The van der Waals surface area contributed by atoms with Crippen molar-refractivity contribution >= 4 is 0 Å². The Morgan fingerprint density at radius 2 is 1.95 bits per heavy atom. The van der Waals surface area contributed by atoms with E-state index in [1.165, 1.54) is 5.56 Å². The Labute approximate surface area is 132 Å². The Kier molecular flexibility index (Phi) is 5.47. The minimum atomic E-state index is -0.645. The van der Waals surface area contributed by atoms with Crippen LogP contribution >= 0.6 is 0 Å². The summed E-state index contributed by atoms with van der Waals surface area (Å²) in [5.74, 6) is 0. The smallest absolute Gasteiger partial charge is 0.0881 e. The molecule has 4 heteroatoms. The molecule has 1 saturated heterocycles. The molecule has 122 valence electrons. The molecule has 2 aliphatic rings. The SMILES string of the molecule is O[C@]1(CO[C@H]2CCOC2)CC[C@H](NCc2ccccc2)CC1. The van der Waals surface area contributed by atoms with Crippen molar-refractivity contribution in [2.45, 2.75) is 56.4 Å². The zero-order valence-electron chi connectivity index (χ0n) is 13.2. The first-order chi connectivity index (χ1) is 10.7. The van der Waals surface area contributed by atoms with Crippen LogP contribution in [0, 0.1) is 0 Å². The lowest BCUT2D eigenvalue weighted by Crippen LogP contribution is -2.44. The predicted octanol–water partition coefficient (Wildman–Crippen LogP) is 2.26. The van der Waals surface area contributed by atoms with Gasteiger partial charge in [-0.2, -0.15) is 0 Å². The van der Waals surface area contributed by atoms with Gasteiger partial charge in [0.25, 0.3) is 0 Å². The van der Waals surface area contributed by atoms with Crippen LogP contribution in [-0.2, 0) is 16.0 Å². The van der Waals surface area contributed by atoms with Gasteiger partial charge in [-0.3, -0.25) is 0 Å². The summed E-state index contributed by atoms with van der Waals surface area (Å²) in [6.07, 6.45) is 4.78. The number of benzene rings is 1. The zero-order valence-corrected chi connectivity index (χ0v) is 13.2. The molecule has 1 saturated carbocycles. The third-order valence-corrected chi connectivity index (χ3v) is 4.83. The van der Waals surface area contributed by atoms with E-state index in [1.807, 2.05) is 6.07 Å². The molecule has 1 aromatic carbocycles. The van der Waals surface area contributed by atoms with Crippen LogP contribution in [0.1, 0.15) is 37.7 Å². The topological polar surface area (TPSA) is 50.7 Å². The lowest BCUT2D eigenvalue weighted by atomic mass is 9.82. The summed E-state index contributed by atoms with van der Waals surface area (Å²) in [5.41, 5.74) is 0.668. The highest BCUT2D eigenvalue weighted by atomic mass is 16.5. The first-order valence-electron chi connectivity index (χ1n) is 8.43. The minimum absolute atomic E-state index is 0.179. The molecule has 0 spiro atoms. The van der Waals surface area contributed by atoms with Crippen LogP contribution in [0.15, 0.2) is 30.3 Å². The molecule has 2 N–H and O–H groups in total. The summed E-state index contributed by atoms with van der Waals surface area (Å²) in [6, 6.07) is 11.0. The van der Waals surface area contributed by atoms with Gasteiger partial charge in [-0.1, -0.05) is 30.3 Å². The van der Waals surface area contributed by atoms with E-state index in [4.69, 9.17) is 9.47 Å². The Bertz CT molecular complexity index is 437. The fourth-order valence-corrected chi connectivity index (χ4v) is 3.28. The van der Waals surface area contributed by atoms with E-state index in [0.29, 0.717) is 19.3 Å². The van der Waals surface area contributed by atoms with Gasteiger partial charge in [0.2, 0.25) is 0 Å². The summed E-state index contributed by atoms with van der Waals surface area (Å²) in [6.45, 7) is 2.82. The second kappa shape index (κ2) is 7.55. The Morgan fingerprint density at radius 3 is 2.64 bits per heavy atom. The predicted molar refractivity (Wildman–Crippen MR) is 85.7 cm³/mol. The molecule has 1 aliphatic heterocycles. The maximum atomic E-state index is 10.6. The number of hydrogen-bond donors (Lipinski definition) is 2. The van der Waals surface area contributed by atoms with E-state index in [-0.39, 0.29) is 6.10 Å². The maximum absolute atomic E-state index is 10.6. The van der Waals surface area contributed by atoms with Crippen LogP contribution in [-0.4, -0.2) is 42.7 Å². The van der Waals surface area contributed by atoms with Crippen molar-refractivity contribution in [3.05, 3.63) is 35.9 Å². The van der Waals surface area contributed by atoms with Gasteiger partial charge < -0.3 is 19.9 Å². The van der Waals surface area contributed by atoms with Crippen LogP contribution in [0.2, 0.25) is 0 Å². The largest absolute Gasteiger partial charge is 0.387 e. The molecule has 0 bridgehead atoms. The average molecular weight is 305 g/mol. The van der Waals surface area contributed by atoms with Crippen molar-refractivity contribution in [1.29, 1.82) is 0 Å². The Balaban J connectivity index is 1.37. The molecule has 3 rings (SSSR count). The number of ether oxygens (including phenoxy) is 2. The first-order valence-corrected chi connectivity index (χ1v) is 8.43. The second-order valence-electron chi connectivity index (χ2n) is 6.66. The van der Waals surface area contributed by atoms with E-state index in [0.717, 1.165) is 45.3 Å². The summed E-state index contributed by atoms with van der Waals surface area (Å²) < 4.78 is 11.1. The molecule has 2 fully saturated rings. The summed E-state index contributed by atoms with van der Waals surface area (Å²) in [7, 11) is 0. The monoisotopic (exact) mass is 305 g/mol. The Morgan fingerprint density at radius 1 is 1.18 bits per heavy atom. The lowest BCUT2D eigenvalue weighted by molar-refractivity contribution is -0.0937. The third-order valence-electron chi connectivity index (χ3n) is 4.83. The molecule has 1 heterocycles. The summed E-state index contributed by atoms with van der Waals surface area (Å²) in [4.78, 5) is 0. The Hall–Kier alpha value is -0.940. The zero-order chi connectivity index (χ0) is 15.3. The summed E-state index contributed by atoms with van der Waals surface area (Å²) in [5, 5.41) is 14.2. The number of rotatable bonds is 6. The van der Waals surface area contributed by atoms with Crippen LogP contribution in [0.5, 0.6) is 0 Å². The standard InChI is InChI=1S/C18H27NO3/c20-18(14-22-17-8-11-21-13-17)9-6-16(7-10-18)19-12-15-4-2-1-3-5-15/h1-5,16-17,19-20H,6-14H2/t16-,17-,18+/m0/s1. The number of aliphatic hydroxyl groups is 1. The van der Waals surface area contributed by atoms with Crippen molar-refractivity contribution in [3.8, 4) is 0 Å². The fourth-order valence-electron chi connectivity index (χ4n) is 3.28. The van der Waals surface area contributed by atoms with E-state index < -0.39 is 5.60 Å². The van der Waals surface area contributed by atoms with Gasteiger partial charge in [-0.25, -0.2) is 0 Å². The van der Waals surface area contributed by atoms with E-state index >= 15 is 0 Å². The van der Waals surface area contributed by atoms with Crippen molar-refractivity contribution < 1.29 is 14.6 Å². The van der Waals surface area contributed by atoms with Gasteiger partial charge in [0.05, 0.1) is 24.9 Å². The second-order valence-corrected chi connectivity index (χ2v) is 6.66. The lowest BCUT2D eigenvalue weighted by Gasteiger charge is -2.36. The van der Waals surface area contributed by atoms with E-state index in [1.54, 1.807) is 0 Å². The molecule has 0 aromatic heterocycles. The van der Waals surface area contributed by atoms with Gasteiger partial charge in [-0.05, 0) is 37.7 Å². The molecule has 1 aliphatic carbocycles. The molecule has 0 amide bonds. The first kappa shape index (κ1) is 15.9. The van der Waals surface area contributed by atoms with Gasteiger partial charge in [0.1, 0.15) is 0 Å². The highest BCUT2D eigenvalue weighted by Gasteiger charge is 2.34. The van der Waals surface area contributed by atoms with Gasteiger partial charge in [-0.15, -0.1) is 0 Å². The highest BCUT2D eigenvalue weighted by molar-refractivity contribution is 5.14. The van der Waals surface area contributed by atoms with Crippen molar-refractivity contribution in [1.82, 2.24) is 5.32 Å². The fraction of sp³-hybridized carbons (Fsp3) is 0.667. The molecular weight excluding hydrogens is 278 g/mol. The van der Waals surface area contributed by atoms with Crippen LogP contribution < -0.4 is 5.32 Å². The molecule has 1 aromatic rings.